The molecule has 0 saturated heterocycles. The lowest BCUT2D eigenvalue weighted by Crippen LogP contribution is -2.55. The molecule has 0 unspecified atom stereocenters. The number of methoxy groups -OCH3 is 1. The molecule has 0 spiro atoms. The third-order valence-corrected chi connectivity index (χ3v) is 3.14. The lowest BCUT2D eigenvalue weighted by atomic mass is 9.97. The molecule has 0 saturated carbocycles. The van der Waals surface area contributed by atoms with Gasteiger partial charge in [-0.15, -0.1) is 0 Å². The fraction of sp³-hybridized carbons (Fsp3) is 0.692. The summed E-state index contributed by atoms with van der Waals surface area (Å²) in [6.45, 7) is 5.77. The van der Waals surface area contributed by atoms with E-state index in [2.05, 4.69) is 27.5 Å². The Kier molecular flexibility index (Phi) is 4.76. The van der Waals surface area contributed by atoms with E-state index in [0.717, 1.165) is 12.8 Å². The van der Waals surface area contributed by atoms with Crippen LogP contribution < -0.4 is 10.6 Å². The molecular formula is C13H22N2O3. The first kappa shape index (κ1) is 14.5. The summed E-state index contributed by atoms with van der Waals surface area (Å²) in [5.74, 6) is -0.163. The van der Waals surface area contributed by atoms with Crippen LogP contribution in [0.5, 0.6) is 0 Å². The molecule has 1 rings (SSSR count). The molecule has 5 nitrogen and oxygen atoms in total. The number of alkyl carbamates (subject to hydrolysis) is 1. The molecule has 2 amide bonds. The first-order chi connectivity index (χ1) is 8.38. The number of rotatable bonds is 4. The van der Waals surface area contributed by atoms with Crippen molar-refractivity contribution in [3.8, 4) is 0 Å². The van der Waals surface area contributed by atoms with Crippen LogP contribution in [0.25, 0.3) is 0 Å². The predicted molar refractivity (Wildman–Crippen MR) is 69.1 cm³/mol. The van der Waals surface area contributed by atoms with Gasteiger partial charge in [0, 0.05) is 5.54 Å². The quantitative estimate of drug-likeness (QED) is 0.749. The van der Waals surface area contributed by atoms with Gasteiger partial charge in [-0.25, -0.2) is 4.79 Å². The van der Waals surface area contributed by atoms with Crippen LogP contribution >= 0.6 is 0 Å². The van der Waals surface area contributed by atoms with Crippen molar-refractivity contribution in [1.29, 1.82) is 0 Å². The maximum Gasteiger partial charge on any atom is 0.407 e. The second-order valence-corrected chi connectivity index (χ2v) is 5.29. The highest BCUT2D eigenvalue weighted by Crippen LogP contribution is 2.23. The summed E-state index contributed by atoms with van der Waals surface area (Å²) in [4.78, 5) is 23.4. The van der Waals surface area contributed by atoms with Crippen LogP contribution in [0, 0.1) is 5.92 Å². The van der Waals surface area contributed by atoms with Crippen LogP contribution in [-0.2, 0) is 9.53 Å². The second kappa shape index (κ2) is 5.89. The van der Waals surface area contributed by atoms with Gasteiger partial charge in [-0.2, -0.15) is 0 Å². The Morgan fingerprint density at radius 3 is 2.28 bits per heavy atom. The first-order valence-corrected chi connectivity index (χ1v) is 6.19. The van der Waals surface area contributed by atoms with E-state index in [4.69, 9.17) is 0 Å². The second-order valence-electron chi connectivity index (χ2n) is 5.29. The minimum Gasteiger partial charge on any atom is -0.453 e. The fourth-order valence-electron chi connectivity index (χ4n) is 1.97. The molecule has 0 heterocycles. The smallest absolute Gasteiger partial charge is 0.407 e. The molecule has 0 aromatic heterocycles. The monoisotopic (exact) mass is 254 g/mol. The number of nitrogens with one attached hydrogen (secondary N) is 2. The van der Waals surface area contributed by atoms with E-state index in [0.29, 0.717) is 0 Å². The maximum absolute atomic E-state index is 12.2. The first-order valence-electron chi connectivity index (χ1n) is 6.19. The van der Waals surface area contributed by atoms with Gasteiger partial charge < -0.3 is 15.4 Å². The molecule has 0 fully saturated rings. The molecule has 5 heteroatoms. The summed E-state index contributed by atoms with van der Waals surface area (Å²) >= 11 is 0. The Balaban J connectivity index is 2.62. The van der Waals surface area contributed by atoms with E-state index in [-0.39, 0.29) is 17.4 Å². The van der Waals surface area contributed by atoms with Crippen LogP contribution in [0.3, 0.4) is 0 Å². The zero-order chi connectivity index (χ0) is 13.8. The molecule has 2 N–H and O–H groups in total. The van der Waals surface area contributed by atoms with Crippen molar-refractivity contribution in [1.82, 2.24) is 10.6 Å². The van der Waals surface area contributed by atoms with E-state index in [1.807, 2.05) is 20.8 Å². The average Bonchev–Trinajstić information content (AvgIpc) is 2.71. The largest absolute Gasteiger partial charge is 0.453 e. The Hall–Kier alpha value is -1.52. The van der Waals surface area contributed by atoms with Gasteiger partial charge in [0.2, 0.25) is 5.91 Å². The molecule has 1 aliphatic rings. The molecule has 0 bridgehead atoms. The zero-order valence-electron chi connectivity index (χ0n) is 11.4. The number of carbonyl (C=O) groups excluding carboxylic acids is 2. The minimum absolute atomic E-state index is 0.00191. The summed E-state index contributed by atoms with van der Waals surface area (Å²) < 4.78 is 4.53. The highest BCUT2D eigenvalue weighted by molar-refractivity contribution is 5.86. The van der Waals surface area contributed by atoms with Crippen molar-refractivity contribution < 1.29 is 14.3 Å². The van der Waals surface area contributed by atoms with Crippen molar-refractivity contribution >= 4 is 12.0 Å². The molecule has 1 aliphatic carbocycles. The van der Waals surface area contributed by atoms with Crippen molar-refractivity contribution in [2.24, 2.45) is 5.92 Å². The van der Waals surface area contributed by atoms with Crippen molar-refractivity contribution in [3.05, 3.63) is 12.2 Å². The Bertz CT molecular complexity index is 342. The van der Waals surface area contributed by atoms with Crippen LogP contribution in [0.4, 0.5) is 4.79 Å². The van der Waals surface area contributed by atoms with Crippen LogP contribution in [0.1, 0.15) is 33.6 Å². The third-order valence-electron chi connectivity index (χ3n) is 3.14. The Labute approximate surface area is 108 Å². The van der Waals surface area contributed by atoms with Gasteiger partial charge in [-0.1, -0.05) is 26.0 Å². The molecular weight excluding hydrogens is 232 g/mol. The lowest BCUT2D eigenvalue weighted by molar-refractivity contribution is -0.125. The third kappa shape index (κ3) is 3.75. The highest BCUT2D eigenvalue weighted by Gasteiger charge is 2.32. The summed E-state index contributed by atoms with van der Waals surface area (Å²) in [5, 5.41) is 5.56. The normalized spacial score (nSPS) is 18.5. The van der Waals surface area contributed by atoms with Gasteiger partial charge in [-0.05, 0) is 25.7 Å². The molecule has 0 radical (unpaired) electrons. The Morgan fingerprint density at radius 2 is 1.83 bits per heavy atom. The van der Waals surface area contributed by atoms with E-state index in [1.54, 1.807) is 0 Å². The van der Waals surface area contributed by atoms with Crippen molar-refractivity contribution in [3.63, 3.8) is 0 Å². The van der Waals surface area contributed by atoms with Gasteiger partial charge in [0.05, 0.1) is 7.11 Å². The van der Waals surface area contributed by atoms with Crippen molar-refractivity contribution in [2.75, 3.05) is 7.11 Å². The standard InChI is InChI=1S/C13H22N2O3/c1-9(2)10(14-12(17)18-4)11(16)15-13(3)7-5-6-8-13/h5-6,9-10H,7-8H2,1-4H3,(H,14,17)(H,15,16)/t10-/m0/s1. The van der Waals surface area contributed by atoms with Crippen LogP contribution in [0.2, 0.25) is 0 Å². The van der Waals surface area contributed by atoms with E-state index in [1.165, 1.54) is 7.11 Å². The van der Waals surface area contributed by atoms with Crippen LogP contribution in [-0.4, -0.2) is 30.7 Å². The molecule has 1 atom stereocenters. The summed E-state index contributed by atoms with van der Waals surface area (Å²) in [6, 6.07) is -0.574. The fourth-order valence-corrected chi connectivity index (χ4v) is 1.97. The summed E-state index contributed by atoms with van der Waals surface area (Å²) in [5.41, 5.74) is -0.234. The Morgan fingerprint density at radius 1 is 1.28 bits per heavy atom. The zero-order valence-corrected chi connectivity index (χ0v) is 11.4. The molecule has 102 valence electrons. The number of carbonyl (C=O) groups is 2. The topological polar surface area (TPSA) is 67.4 Å². The van der Waals surface area contributed by atoms with Crippen molar-refractivity contribution in [2.45, 2.75) is 45.2 Å². The SMILES string of the molecule is COC(=O)N[C@H](C(=O)NC1(C)CC=CC1)C(C)C. The number of hydrogen-bond donors (Lipinski definition) is 2. The van der Waals surface area contributed by atoms with Crippen LogP contribution in [0.15, 0.2) is 12.2 Å². The van der Waals surface area contributed by atoms with E-state index < -0.39 is 12.1 Å². The highest BCUT2D eigenvalue weighted by atomic mass is 16.5. The molecule has 0 aliphatic heterocycles. The van der Waals surface area contributed by atoms with E-state index in [9.17, 15) is 9.59 Å². The van der Waals surface area contributed by atoms with E-state index >= 15 is 0 Å². The lowest BCUT2D eigenvalue weighted by Gasteiger charge is -2.29. The molecule has 18 heavy (non-hydrogen) atoms. The molecule has 0 aromatic rings. The van der Waals surface area contributed by atoms with Gasteiger partial charge in [0.1, 0.15) is 6.04 Å². The molecule has 0 aromatic carbocycles. The minimum atomic E-state index is -0.585. The maximum atomic E-state index is 12.2. The van der Waals surface area contributed by atoms with Gasteiger partial charge in [-0.3, -0.25) is 4.79 Å². The predicted octanol–water partition coefficient (Wildman–Crippen LogP) is 1.59. The summed E-state index contributed by atoms with van der Waals surface area (Å²) in [6.07, 6.45) is 5.17. The summed E-state index contributed by atoms with van der Waals surface area (Å²) in [7, 11) is 1.28. The van der Waals surface area contributed by atoms with Gasteiger partial charge in [0.15, 0.2) is 0 Å². The number of amides is 2. The number of ether oxygens (including phenoxy) is 1. The average molecular weight is 254 g/mol. The number of hydrogen-bond acceptors (Lipinski definition) is 3. The van der Waals surface area contributed by atoms with Gasteiger partial charge >= 0.3 is 6.09 Å². The van der Waals surface area contributed by atoms with Gasteiger partial charge in [0.25, 0.3) is 0 Å².